The first-order valence-corrected chi connectivity index (χ1v) is 4.99. The molecule has 0 saturated carbocycles. The van der Waals surface area contributed by atoms with Crippen LogP contribution in [0, 0.1) is 0 Å². The number of amides is 1. The molecule has 0 aliphatic rings. The Morgan fingerprint density at radius 3 is 2.29 bits per heavy atom. The molecule has 1 amide bonds. The third kappa shape index (κ3) is 7.86. The summed E-state index contributed by atoms with van der Waals surface area (Å²) in [5.74, 6) is 0. The number of rotatable bonds is 6. The third-order valence-corrected chi connectivity index (χ3v) is 1.58. The van der Waals surface area contributed by atoms with Gasteiger partial charge in [-0.25, -0.2) is 4.79 Å². The van der Waals surface area contributed by atoms with Gasteiger partial charge in [0.05, 0.1) is 12.7 Å². The molecule has 0 aromatic rings. The Morgan fingerprint density at radius 2 is 1.79 bits per heavy atom. The summed E-state index contributed by atoms with van der Waals surface area (Å²) in [6.07, 6.45) is 1.78. The van der Waals surface area contributed by atoms with Gasteiger partial charge in [-0.05, 0) is 26.7 Å². The summed E-state index contributed by atoms with van der Waals surface area (Å²) in [4.78, 5) is 12.4. The van der Waals surface area contributed by atoms with E-state index in [0.29, 0.717) is 6.61 Å². The van der Waals surface area contributed by atoms with Crippen LogP contribution < -0.4 is 0 Å². The van der Waals surface area contributed by atoms with E-state index in [4.69, 9.17) is 9.47 Å². The summed E-state index contributed by atoms with van der Waals surface area (Å²) in [5.41, 5.74) is 0. The first-order chi connectivity index (χ1) is 6.54. The van der Waals surface area contributed by atoms with Crippen LogP contribution in [-0.4, -0.2) is 44.4 Å². The van der Waals surface area contributed by atoms with E-state index in [2.05, 4.69) is 0 Å². The van der Waals surface area contributed by atoms with Crippen molar-refractivity contribution in [3.8, 4) is 0 Å². The molecule has 0 heterocycles. The van der Waals surface area contributed by atoms with Gasteiger partial charge in [-0.15, -0.1) is 0 Å². The first kappa shape index (κ1) is 13.2. The number of carbonyl (C=O) groups excluding carboxylic acids is 1. The van der Waals surface area contributed by atoms with Gasteiger partial charge in [-0.2, -0.15) is 0 Å². The molecule has 0 unspecified atom stereocenters. The van der Waals surface area contributed by atoms with Gasteiger partial charge >= 0.3 is 6.09 Å². The lowest BCUT2D eigenvalue weighted by Gasteiger charge is -2.11. The van der Waals surface area contributed by atoms with Crippen LogP contribution in [0.3, 0.4) is 0 Å². The van der Waals surface area contributed by atoms with Gasteiger partial charge in [0.25, 0.3) is 0 Å². The SMILES string of the molecule is CC(C)OCCCCOC(=O)N(C)C. The van der Waals surface area contributed by atoms with Crippen molar-refractivity contribution < 1.29 is 14.3 Å². The lowest BCUT2D eigenvalue weighted by Crippen LogP contribution is -2.23. The standard InChI is InChI=1S/C10H21NO3/c1-9(2)13-7-5-6-8-14-10(12)11(3)4/h9H,5-8H2,1-4H3. The number of ether oxygens (including phenoxy) is 2. The van der Waals surface area contributed by atoms with Crippen LogP contribution in [0.1, 0.15) is 26.7 Å². The van der Waals surface area contributed by atoms with E-state index >= 15 is 0 Å². The van der Waals surface area contributed by atoms with E-state index in [1.807, 2.05) is 13.8 Å². The molecule has 0 spiro atoms. The van der Waals surface area contributed by atoms with Crippen molar-refractivity contribution in [2.45, 2.75) is 32.8 Å². The van der Waals surface area contributed by atoms with Gasteiger partial charge < -0.3 is 14.4 Å². The molecular formula is C10H21NO3. The zero-order valence-corrected chi connectivity index (χ0v) is 9.58. The van der Waals surface area contributed by atoms with Crippen LogP contribution in [0.5, 0.6) is 0 Å². The molecule has 0 atom stereocenters. The molecule has 14 heavy (non-hydrogen) atoms. The summed E-state index contributed by atoms with van der Waals surface area (Å²) in [5, 5.41) is 0. The van der Waals surface area contributed by atoms with Gasteiger partial charge in [-0.1, -0.05) is 0 Å². The molecule has 0 aromatic heterocycles. The Bertz CT molecular complexity index is 157. The van der Waals surface area contributed by atoms with Crippen molar-refractivity contribution in [3.63, 3.8) is 0 Å². The second-order valence-corrected chi connectivity index (χ2v) is 3.64. The fourth-order valence-electron chi connectivity index (χ4n) is 0.812. The second-order valence-electron chi connectivity index (χ2n) is 3.64. The van der Waals surface area contributed by atoms with Crippen LogP contribution in [0.25, 0.3) is 0 Å². The monoisotopic (exact) mass is 203 g/mol. The predicted molar refractivity (Wildman–Crippen MR) is 55.4 cm³/mol. The topological polar surface area (TPSA) is 38.8 Å². The Hall–Kier alpha value is -0.770. The van der Waals surface area contributed by atoms with E-state index in [1.54, 1.807) is 14.1 Å². The normalized spacial score (nSPS) is 10.4. The summed E-state index contributed by atoms with van der Waals surface area (Å²) in [6, 6.07) is 0. The van der Waals surface area contributed by atoms with Crippen LogP contribution in [0.4, 0.5) is 4.79 Å². The van der Waals surface area contributed by atoms with Crippen LogP contribution in [0.2, 0.25) is 0 Å². The van der Waals surface area contributed by atoms with Crippen molar-refractivity contribution in [2.24, 2.45) is 0 Å². The smallest absolute Gasteiger partial charge is 0.409 e. The van der Waals surface area contributed by atoms with Crippen LogP contribution >= 0.6 is 0 Å². The highest BCUT2D eigenvalue weighted by Gasteiger charge is 2.03. The minimum Gasteiger partial charge on any atom is -0.449 e. The minimum atomic E-state index is -0.283. The van der Waals surface area contributed by atoms with E-state index in [1.165, 1.54) is 4.90 Å². The Labute approximate surface area is 86.2 Å². The number of hydrogen-bond acceptors (Lipinski definition) is 3. The van der Waals surface area contributed by atoms with E-state index < -0.39 is 0 Å². The van der Waals surface area contributed by atoms with Gasteiger partial charge in [-0.3, -0.25) is 0 Å². The van der Waals surface area contributed by atoms with Crippen molar-refractivity contribution >= 4 is 6.09 Å². The number of hydrogen-bond donors (Lipinski definition) is 0. The maximum atomic E-state index is 11.0. The number of unbranched alkanes of at least 4 members (excludes halogenated alkanes) is 1. The van der Waals surface area contributed by atoms with Crippen molar-refractivity contribution in [3.05, 3.63) is 0 Å². The van der Waals surface area contributed by atoms with Crippen LogP contribution in [0.15, 0.2) is 0 Å². The fourth-order valence-corrected chi connectivity index (χ4v) is 0.812. The van der Waals surface area contributed by atoms with Gasteiger partial charge in [0.15, 0.2) is 0 Å². The zero-order chi connectivity index (χ0) is 11.0. The largest absolute Gasteiger partial charge is 0.449 e. The lowest BCUT2D eigenvalue weighted by molar-refractivity contribution is 0.0691. The molecule has 4 nitrogen and oxygen atoms in total. The lowest BCUT2D eigenvalue weighted by atomic mass is 10.3. The minimum absolute atomic E-state index is 0.277. The Morgan fingerprint density at radius 1 is 1.21 bits per heavy atom. The molecule has 0 saturated heterocycles. The second kappa shape index (κ2) is 7.62. The molecule has 0 aliphatic carbocycles. The quantitative estimate of drug-likeness (QED) is 0.619. The van der Waals surface area contributed by atoms with Gasteiger partial charge in [0.1, 0.15) is 0 Å². The zero-order valence-electron chi connectivity index (χ0n) is 9.58. The highest BCUT2D eigenvalue weighted by Crippen LogP contribution is 1.96. The molecular weight excluding hydrogens is 182 g/mol. The summed E-state index contributed by atoms with van der Waals surface area (Å²) in [7, 11) is 3.34. The van der Waals surface area contributed by atoms with Crippen LogP contribution in [-0.2, 0) is 9.47 Å². The average molecular weight is 203 g/mol. The third-order valence-electron chi connectivity index (χ3n) is 1.58. The molecule has 0 aromatic carbocycles. The first-order valence-electron chi connectivity index (χ1n) is 4.99. The van der Waals surface area contributed by atoms with E-state index in [9.17, 15) is 4.79 Å². The predicted octanol–water partition coefficient (Wildman–Crippen LogP) is 1.89. The Balaban J connectivity index is 3.18. The van der Waals surface area contributed by atoms with E-state index in [-0.39, 0.29) is 12.2 Å². The molecule has 4 heteroatoms. The summed E-state index contributed by atoms with van der Waals surface area (Å²) < 4.78 is 10.3. The number of nitrogens with zero attached hydrogens (tertiary/aromatic N) is 1. The van der Waals surface area contributed by atoms with Gasteiger partial charge in [0, 0.05) is 20.7 Å². The molecule has 0 radical (unpaired) electrons. The molecule has 84 valence electrons. The van der Waals surface area contributed by atoms with Crippen molar-refractivity contribution in [1.29, 1.82) is 0 Å². The fraction of sp³-hybridized carbons (Fsp3) is 0.900. The van der Waals surface area contributed by atoms with Crippen molar-refractivity contribution in [1.82, 2.24) is 4.90 Å². The van der Waals surface area contributed by atoms with Crippen molar-refractivity contribution in [2.75, 3.05) is 27.3 Å². The Kier molecular flexibility index (Phi) is 7.20. The van der Waals surface area contributed by atoms with E-state index in [0.717, 1.165) is 19.4 Å². The molecule has 0 aliphatic heterocycles. The molecule has 0 bridgehead atoms. The summed E-state index contributed by atoms with van der Waals surface area (Å²) in [6.45, 7) is 5.22. The van der Waals surface area contributed by atoms with Gasteiger partial charge in [0.2, 0.25) is 0 Å². The number of carbonyl (C=O) groups is 1. The maximum Gasteiger partial charge on any atom is 0.409 e. The molecule has 0 rings (SSSR count). The highest BCUT2D eigenvalue weighted by molar-refractivity contribution is 5.66. The highest BCUT2D eigenvalue weighted by atomic mass is 16.6. The molecule has 0 N–H and O–H groups in total. The maximum absolute atomic E-state index is 11.0. The average Bonchev–Trinajstić information content (AvgIpc) is 2.09. The molecule has 0 fully saturated rings. The summed E-state index contributed by atoms with van der Waals surface area (Å²) >= 11 is 0.